The van der Waals surface area contributed by atoms with Gasteiger partial charge in [0.15, 0.2) is 5.84 Å². The summed E-state index contributed by atoms with van der Waals surface area (Å²) in [4.78, 5) is 22.7. The highest BCUT2D eigenvalue weighted by Gasteiger charge is 2.18. The number of amidine groups is 1. The molecule has 0 aliphatic carbocycles. The Kier molecular flexibility index (Phi) is 4.32. The maximum atomic E-state index is 11.1. The van der Waals surface area contributed by atoms with Crippen LogP contribution < -0.4 is 0 Å². The number of benzene rings is 1. The van der Waals surface area contributed by atoms with Gasteiger partial charge in [0.05, 0.1) is 5.52 Å². The van der Waals surface area contributed by atoms with Crippen LogP contribution in [0.15, 0.2) is 41.7 Å². The fourth-order valence-corrected chi connectivity index (χ4v) is 2.70. The lowest BCUT2D eigenvalue weighted by molar-refractivity contribution is -0.141. The lowest BCUT2D eigenvalue weighted by atomic mass is 10.1. The van der Waals surface area contributed by atoms with E-state index in [1.165, 1.54) is 13.3 Å². The van der Waals surface area contributed by atoms with Crippen LogP contribution in [0, 0.1) is 0 Å². The molecule has 0 atom stereocenters. The van der Waals surface area contributed by atoms with Crippen molar-refractivity contribution in [1.29, 1.82) is 0 Å². The molecule has 1 saturated heterocycles. The van der Waals surface area contributed by atoms with E-state index in [-0.39, 0.29) is 0 Å². The van der Waals surface area contributed by atoms with Crippen molar-refractivity contribution < 1.29 is 9.63 Å². The summed E-state index contributed by atoms with van der Waals surface area (Å²) < 4.78 is 0. The molecule has 1 fully saturated rings. The Morgan fingerprint density at radius 3 is 2.77 bits per heavy atom. The summed E-state index contributed by atoms with van der Waals surface area (Å²) in [6.45, 7) is 3.20. The molecule has 5 nitrogen and oxygen atoms in total. The zero-order valence-electron chi connectivity index (χ0n) is 12.7. The zero-order valence-corrected chi connectivity index (χ0v) is 12.7. The van der Waals surface area contributed by atoms with Crippen LogP contribution in [0.4, 0.5) is 0 Å². The Morgan fingerprint density at radius 1 is 1.23 bits per heavy atom. The maximum absolute atomic E-state index is 11.1. The van der Waals surface area contributed by atoms with Gasteiger partial charge in [-0.15, -0.1) is 0 Å². The molecule has 1 aromatic heterocycles. The number of pyridine rings is 1. The van der Waals surface area contributed by atoms with Crippen LogP contribution >= 0.6 is 0 Å². The second-order valence-corrected chi connectivity index (χ2v) is 5.46. The van der Waals surface area contributed by atoms with E-state index in [1.54, 1.807) is 6.20 Å². The van der Waals surface area contributed by atoms with Crippen LogP contribution in [0.2, 0.25) is 0 Å². The minimum Gasteiger partial charge on any atom is -0.353 e. The van der Waals surface area contributed by atoms with E-state index in [0.29, 0.717) is 5.84 Å². The molecule has 1 aliphatic heterocycles. The minimum atomic E-state index is -0.414. The normalized spacial score (nSPS) is 15.9. The van der Waals surface area contributed by atoms with E-state index < -0.39 is 5.97 Å². The van der Waals surface area contributed by atoms with Gasteiger partial charge in [-0.1, -0.05) is 23.4 Å². The molecule has 22 heavy (non-hydrogen) atoms. The molecule has 0 N–H and O–H groups in total. The summed E-state index contributed by atoms with van der Waals surface area (Å²) in [5.41, 5.74) is 1.82. The minimum absolute atomic E-state index is 0.414. The first-order valence-corrected chi connectivity index (χ1v) is 7.60. The molecule has 5 heteroatoms. The number of para-hydroxylation sites is 1. The summed E-state index contributed by atoms with van der Waals surface area (Å²) >= 11 is 0. The van der Waals surface area contributed by atoms with Gasteiger partial charge in [0.2, 0.25) is 0 Å². The van der Waals surface area contributed by atoms with Gasteiger partial charge < -0.3 is 9.74 Å². The summed E-state index contributed by atoms with van der Waals surface area (Å²) in [7, 11) is 0. The van der Waals surface area contributed by atoms with Crippen molar-refractivity contribution in [3.63, 3.8) is 0 Å². The summed E-state index contributed by atoms with van der Waals surface area (Å²) in [6, 6.07) is 9.98. The summed E-state index contributed by atoms with van der Waals surface area (Å²) in [5.74, 6) is 0.274. The van der Waals surface area contributed by atoms with E-state index >= 15 is 0 Å². The first-order chi connectivity index (χ1) is 10.7. The average molecular weight is 297 g/mol. The van der Waals surface area contributed by atoms with Gasteiger partial charge in [-0.05, 0) is 31.4 Å². The molecule has 0 saturated carbocycles. The Balaban J connectivity index is 1.98. The lowest BCUT2D eigenvalue weighted by Gasteiger charge is -2.29. The van der Waals surface area contributed by atoms with Crippen molar-refractivity contribution in [2.24, 2.45) is 5.16 Å². The Hall–Kier alpha value is -2.43. The maximum Gasteiger partial charge on any atom is 0.332 e. The number of aromatic nitrogens is 1. The third-order valence-corrected chi connectivity index (χ3v) is 3.76. The van der Waals surface area contributed by atoms with E-state index in [2.05, 4.69) is 15.0 Å². The van der Waals surface area contributed by atoms with Crippen molar-refractivity contribution in [3.05, 3.63) is 42.1 Å². The van der Waals surface area contributed by atoms with Crippen LogP contribution in [-0.4, -0.2) is 34.8 Å². The topological polar surface area (TPSA) is 54.8 Å². The molecule has 114 valence electrons. The number of nitrogens with zero attached hydrogens (tertiary/aromatic N) is 3. The SMILES string of the molecule is CC(=O)ON=C(c1cnc2ccccc2c1)N1CCCCC1. The van der Waals surface area contributed by atoms with Gasteiger partial charge in [0.1, 0.15) is 0 Å². The number of hydrogen-bond acceptors (Lipinski definition) is 4. The average Bonchev–Trinajstić information content (AvgIpc) is 2.55. The van der Waals surface area contributed by atoms with Crippen LogP contribution in [0.25, 0.3) is 10.9 Å². The van der Waals surface area contributed by atoms with E-state index in [4.69, 9.17) is 4.84 Å². The van der Waals surface area contributed by atoms with Crippen molar-refractivity contribution in [1.82, 2.24) is 9.88 Å². The van der Waals surface area contributed by atoms with Crippen LogP contribution in [-0.2, 0) is 9.63 Å². The quantitative estimate of drug-likeness (QED) is 0.370. The number of rotatable bonds is 2. The second kappa shape index (κ2) is 6.56. The largest absolute Gasteiger partial charge is 0.353 e. The number of hydrogen-bond donors (Lipinski definition) is 0. The first-order valence-electron chi connectivity index (χ1n) is 7.60. The Morgan fingerprint density at radius 2 is 2.00 bits per heavy atom. The molecule has 3 rings (SSSR count). The molecule has 0 unspecified atom stereocenters. The molecule has 0 radical (unpaired) electrons. The predicted molar refractivity (Wildman–Crippen MR) is 85.5 cm³/mol. The Labute approximate surface area is 129 Å². The molecule has 2 aromatic rings. The number of likely N-dealkylation sites (tertiary alicyclic amines) is 1. The van der Waals surface area contributed by atoms with E-state index in [0.717, 1.165) is 42.4 Å². The molecule has 2 heterocycles. The van der Waals surface area contributed by atoms with Crippen molar-refractivity contribution in [2.45, 2.75) is 26.2 Å². The molecule has 0 amide bonds. The van der Waals surface area contributed by atoms with Gasteiger partial charge in [-0.2, -0.15) is 0 Å². The highest BCUT2D eigenvalue weighted by atomic mass is 16.7. The van der Waals surface area contributed by atoms with Crippen LogP contribution in [0.3, 0.4) is 0 Å². The molecular formula is C17H19N3O2. The van der Waals surface area contributed by atoms with E-state index in [1.807, 2.05) is 30.3 Å². The smallest absolute Gasteiger partial charge is 0.332 e. The molecular weight excluding hydrogens is 278 g/mol. The van der Waals surface area contributed by atoms with Gasteiger partial charge in [0, 0.05) is 37.2 Å². The van der Waals surface area contributed by atoms with Gasteiger partial charge in [0.25, 0.3) is 0 Å². The lowest BCUT2D eigenvalue weighted by Crippen LogP contribution is -2.36. The highest BCUT2D eigenvalue weighted by Crippen LogP contribution is 2.18. The predicted octanol–water partition coefficient (Wildman–Crippen LogP) is 2.95. The molecule has 1 aromatic carbocycles. The van der Waals surface area contributed by atoms with Crippen molar-refractivity contribution in [2.75, 3.05) is 13.1 Å². The van der Waals surface area contributed by atoms with Gasteiger partial charge >= 0.3 is 5.97 Å². The Bertz CT molecular complexity index is 706. The number of oxime groups is 1. The van der Waals surface area contributed by atoms with Crippen LogP contribution in [0.1, 0.15) is 31.7 Å². The highest BCUT2D eigenvalue weighted by molar-refractivity contribution is 6.01. The van der Waals surface area contributed by atoms with Gasteiger partial charge in [-0.3, -0.25) is 4.98 Å². The van der Waals surface area contributed by atoms with Gasteiger partial charge in [-0.25, -0.2) is 4.79 Å². The third kappa shape index (κ3) is 3.24. The van der Waals surface area contributed by atoms with Crippen molar-refractivity contribution >= 4 is 22.7 Å². The summed E-state index contributed by atoms with van der Waals surface area (Å²) in [6.07, 6.45) is 5.27. The number of carbonyl (C=O) groups excluding carboxylic acids is 1. The molecule has 1 aliphatic rings. The van der Waals surface area contributed by atoms with E-state index in [9.17, 15) is 4.79 Å². The zero-order chi connectivity index (χ0) is 15.4. The monoisotopic (exact) mass is 297 g/mol. The number of carbonyl (C=O) groups is 1. The third-order valence-electron chi connectivity index (χ3n) is 3.76. The first kappa shape index (κ1) is 14.5. The fraction of sp³-hybridized carbons (Fsp3) is 0.353. The fourth-order valence-electron chi connectivity index (χ4n) is 2.70. The second-order valence-electron chi connectivity index (χ2n) is 5.46. The number of piperidine rings is 1. The van der Waals surface area contributed by atoms with Crippen LogP contribution in [0.5, 0.6) is 0 Å². The summed E-state index contributed by atoms with van der Waals surface area (Å²) in [5, 5.41) is 5.13. The molecule has 0 spiro atoms. The number of fused-ring (bicyclic) bond motifs is 1. The standard InChI is InChI=1S/C17H19N3O2/c1-13(21)22-19-17(20-9-5-2-6-10-20)15-11-14-7-3-4-8-16(14)18-12-15/h3-4,7-8,11-12H,2,5-6,9-10H2,1H3. The van der Waals surface area contributed by atoms with Crippen molar-refractivity contribution in [3.8, 4) is 0 Å². The molecule has 0 bridgehead atoms.